The monoisotopic (exact) mass is 400 g/mol. The Morgan fingerprint density at radius 3 is 2.83 bits per heavy atom. The Bertz CT molecular complexity index is 1340. The molecule has 0 aliphatic heterocycles. The normalized spacial score (nSPS) is 11.4. The fraction of sp³-hybridized carbons (Fsp3) is 0.0909. The van der Waals surface area contributed by atoms with Crippen molar-refractivity contribution in [3.8, 4) is 23.1 Å². The number of hydrogen-bond donors (Lipinski definition) is 1. The van der Waals surface area contributed by atoms with Crippen molar-refractivity contribution in [2.24, 2.45) is 0 Å². The van der Waals surface area contributed by atoms with E-state index < -0.39 is 4.92 Å². The quantitative estimate of drug-likeness (QED) is 0.282. The number of nitriles is 1. The van der Waals surface area contributed by atoms with Gasteiger partial charge in [-0.1, -0.05) is 6.07 Å². The zero-order chi connectivity index (χ0) is 21.3. The first-order chi connectivity index (χ1) is 14.5. The standard InChI is InChI=1S/C22H16N4O4/c1-13-3-6-18-19(9-13)25-22(24-18)14(12-23)10-16-5-8-21(30-16)17-11-15(26(27)28)4-7-20(17)29-2/h3-11H,1-2H3,(H,24,25). The predicted octanol–water partition coefficient (Wildman–Crippen LogP) is 5.11. The molecule has 2 aromatic heterocycles. The van der Waals surface area contributed by atoms with Gasteiger partial charge in [-0.2, -0.15) is 5.26 Å². The molecule has 0 saturated carbocycles. The minimum atomic E-state index is -0.482. The molecule has 0 radical (unpaired) electrons. The highest BCUT2D eigenvalue weighted by Gasteiger charge is 2.16. The van der Waals surface area contributed by atoms with Crippen LogP contribution in [0.5, 0.6) is 5.75 Å². The topological polar surface area (TPSA) is 118 Å². The molecule has 0 aliphatic rings. The number of aryl methyl sites for hydroxylation is 1. The van der Waals surface area contributed by atoms with E-state index in [1.165, 1.54) is 25.3 Å². The zero-order valence-electron chi connectivity index (χ0n) is 16.2. The highest BCUT2D eigenvalue weighted by atomic mass is 16.6. The highest BCUT2D eigenvalue weighted by Crippen LogP contribution is 2.35. The minimum absolute atomic E-state index is 0.0745. The number of aromatic nitrogens is 2. The fourth-order valence-electron chi connectivity index (χ4n) is 3.12. The van der Waals surface area contributed by atoms with Gasteiger partial charge in [-0.3, -0.25) is 10.1 Å². The van der Waals surface area contributed by atoms with E-state index in [4.69, 9.17) is 9.15 Å². The maximum Gasteiger partial charge on any atom is 0.270 e. The third-order valence-electron chi connectivity index (χ3n) is 4.59. The Kier molecular flexibility index (Phi) is 4.78. The van der Waals surface area contributed by atoms with Crippen molar-refractivity contribution in [2.45, 2.75) is 6.92 Å². The Labute approximate surface area is 171 Å². The number of methoxy groups -OCH3 is 1. The van der Waals surface area contributed by atoms with Crippen LogP contribution >= 0.6 is 0 Å². The summed E-state index contributed by atoms with van der Waals surface area (Å²) in [5.74, 6) is 1.67. The van der Waals surface area contributed by atoms with Crippen LogP contribution in [-0.2, 0) is 0 Å². The number of imidazole rings is 1. The molecular weight excluding hydrogens is 384 g/mol. The molecule has 4 aromatic rings. The summed E-state index contributed by atoms with van der Waals surface area (Å²) in [6, 6.07) is 15.5. The molecule has 0 atom stereocenters. The molecule has 0 unspecified atom stereocenters. The summed E-state index contributed by atoms with van der Waals surface area (Å²) in [4.78, 5) is 18.2. The third-order valence-corrected chi connectivity index (χ3v) is 4.59. The van der Waals surface area contributed by atoms with E-state index in [9.17, 15) is 15.4 Å². The summed E-state index contributed by atoms with van der Waals surface area (Å²) in [5, 5.41) is 20.7. The molecule has 0 bridgehead atoms. The van der Waals surface area contributed by atoms with Crippen LogP contribution in [0.4, 0.5) is 5.69 Å². The van der Waals surface area contributed by atoms with Crippen molar-refractivity contribution in [3.63, 3.8) is 0 Å². The van der Waals surface area contributed by atoms with Gasteiger partial charge in [0.15, 0.2) is 0 Å². The van der Waals surface area contributed by atoms with Gasteiger partial charge in [0.1, 0.15) is 29.2 Å². The summed E-state index contributed by atoms with van der Waals surface area (Å²) in [7, 11) is 1.48. The minimum Gasteiger partial charge on any atom is -0.496 e. The Hall–Kier alpha value is -4.38. The fourth-order valence-corrected chi connectivity index (χ4v) is 3.12. The summed E-state index contributed by atoms with van der Waals surface area (Å²) in [6.45, 7) is 1.98. The zero-order valence-corrected chi connectivity index (χ0v) is 16.2. The lowest BCUT2D eigenvalue weighted by Crippen LogP contribution is -1.91. The van der Waals surface area contributed by atoms with Crippen LogP contribution in [0.3, 0.4) is 0 Å². The number of allylic oxidation sites excluding steroid dienone is 1. The molecule has 0 amide bonds. The number of hydrogen-bond acceptors (Lipinski definition) is 6. The second kappa shape index (κ2) is 7.56. The first-order valence-electron chi connectivity index (χ1n) is 8.99. The van der Waals surface area contributed by atoms with E-state index in [-0.39, 0.29) is 5.69 Å². The number of aromatic amines is 1. The van der Waals surface area contributed by atoms with Crippen molar-refractivity contribution in [1.29, 1.82) is 5.26 Å². The van der Waals surface area contributed by atoms with Crippen molar-refractivity contribution in [2.75, 3.05) is 7.11 Å². The van der Waals surface area contributed by atoms with Gasteiger partial charge < -0.3 is 14.1 Å². The molecule has 2 aromatic carbocycles. The number of non-ortho nitro benzene ring substituents is 1. The number of ether oxygens (including phenoxy) is 1. The average molecular weight is 400 g/mol. The van der Waals surface area contributed by atoms with Gasteiger partial charge in [0.2, 0.25) is 0 Å². The number of nitro groups is 1. The lowest BCUT2D eigenvalue weighted by atomic mass is 10.1. The van der Waals surface area contributed by atoms with E-state index in [1.54, 1.807) is 18.2 Å². The number of fused-ring (bicyclic) bond motifs is 1. The number of rotatable bonds is 5. The highest BCUT2D eigenvalue weighted by molar-refractivity contribution is 5.90. The van der Waals surface area contributed by atoms with Crippen LogP contribution in [0.1, 0.15) is 17.1 Å². The van der Waals surface area contributed by atoms with E-state index in [1.807, 2.05) is 25.1 Å². The predicted molar refractivity (Wildman–Crippen MR) is 112 cm³/mol. The van der Waals surface area contributed by atoms with Gasteiger partial charge in [-0.15, -0.1) is 0 Å². The van der Waals surface area contributed by atoms with E-state index in [0.29, 0.717) is 34.2 Å². The van der Waals surface area contributed by atoms with Gasteiger partial charge in [-0.05, 0) is 42.8 Å². The number of nitrogens with zero attached hydrogens (tertiary/aromatic N) is 3. The summed E-state index contributed by atoms with van der Waals surface area (Å²) < 4.78 is 11.1. The molecule has 0 saturated heterocycles. The number of H-pyrrole nitrogens is 1. The smallest absolute Gasteiger partial charge is 0.270 e. The second-order valence-corrected chi connectivity index (χ2v) is 6.62. The second-order valence-electron chi connectivity index (χ2n) is 6.62. The largest absolute Gasteiger partial charge is 0.496 e. The van der Waals surface area contributed by atoms with Crippen molar-refractivity contribution in [1.82, 2.24) is 9.97 Å². The average Bonchev–Trinajstić information content (AvgIpc) is 3.37. The maximum absolute atomic E-state index is 11.1. The molecule has 8 nitrogen and oxygen atoms in total. The summed E-state index contributed by atoms with van der Waals surface area (Å²) in [5.41, 5.74) is 3.36. The molecule has 30 heavy (non-hydrogen) atoms. The Morgan fingerprint density at radius 2 is 2.10 bits per heavy atom. The molecule has 0 aliphatic carbocycles. The van der Waals surface area contributed by atoms with Gasteiger partial charge in [-0.25, -0.2) is 4.98 Å². The van der Waals surface area contributed by atoms with Crippen LogP contribution < -0.4 is 4.74 Å². The van der Waals surface area contributed by atoms with Crippen LogP contribution in [0.25, 0.3) is 34.0 Å². The van der Waals surface area contributed by atoms with Gasteiger partial charge in [0.05, 0.1) is 34.2 Å². The van der Waals surface area contributed by atoms with Gasteiger partial charge in [0, 0.05) is 18.2 Å². The molecular formula is C22H16N4O4. The molecule has 1 N–H and O–H groups in total. The number of benzene rings is 2. The Morgan fingerprint density at radius 1 is 1.27 bits per heavy atom. The van der Waals surface area contributed by atoms with Crippen LogP contribution in [0.2, 0.25) is 0 Å². The lowest BCUT2D eigenvalue weighted by Gasteiger charge is -2.05. The van der Waals surface area contributed by atoms with Gasteiger partial charge in [0.25, 0.3) is 5.69 Å². The lowest BCUT2D eigenvalue weighted by molar-refractivity contribution is -0.384. The third kappa shape index (κ3) is 3.52. The number of furan rings is 1. The van der Waals surface area contributed by atoms with Crippen LogP contribution in [0.15, 0.2) is 52.9 Å². The van der Waals surface area contributed by atoms with Crippen LogP contribution in [0, 0.1) is 28.4 Å². The summed E-state index contributed by atoms with van der Waals surface area (Å²) in [6.07, 6.45) is 1.57. The van der Waals surface area contributed by atoms with Crippen molar-refractivity contribution >= 4 is 28.4 Å². The molecule has 0 fully saturated rings. The Balaban J connectivity index is 1.72. The summed E-state index contributed by atoms with van der Waals surface area (Å²) >= 11 is 0. The molecule has 148 valence electrons. The molecule has 2 heterocycles. The first-order valence-corrected chi connectivity index (χ1v) is 8.99. The van der Waals surface area contributed by atoms with Crippen LogP contribution in [-0.4, -0.2) is 22.0 Å². The molecule has 4 rings (SSSR count). The maximum atomic E-state index is 11.1. The van der Waals surface area contributed by atoms with E-state index >= 15 is 0 Å². The van der Waals surface area contributed by atoms with Crippen molar-refractivity contribution in [3.05, 3.63) is 75.8 Å². The van der Waals surface area contributed by atoms with E-state index in [0.717, 1.165) is 16.6 Å². The van der Waals surface area contributed by atoms with Gasteiger partial charge >= 0.3 is 0 Å². The van der Waals surface area contributed by atoms with Crippen molar-refractivity contribution < 1.29 is 14.1 Å². The molecule has 8 heteroatoms. The number of nitro benzene ring substituents is 1. The molecule has 0 spiro atoms. The first kappa shape index (κ1) is 19.0. The SMILES string of the molecule is COc1ccc([N+](=O)[O-])cc1-c1ccc(C=C(C#N)c2nc3ccc(C)cc3[nH]2)o1. The van der Waals surface area contributed by atoms with E-state index in [2.05, 4.69) is 16.0 Å². The number of nitrogens with one attached hydrogen (secondary N) is 1.